The van der Waals surface area contributed by atoms with E-state index in [1.807, 2.05) is 77.7 Å². The predicted molar refractivity (Wildman–Crippen MR) is 146 cm³/mol. The zero-order chi connectivity index (χ0) is 24.7. The molecule has 182 valence electrons. The van der Waals surface area contributed by atoms with Gasteiger partial charge in [0.2, 0.25) is 11.0 Å². The van der Waals surface area contributed by atoms with Gasteiger partial charge in [-0.3, -0.25) is 9.59 Å². The van der Waals surface area contributed by atoms with Gasteiger partial charge in [-0.05, 0) is 35.4 Å². The van der Waals surface area contributed by atoms with Crippen molar-refractivity contribution in [3.8, 4) is 11.1 Å². The number of nitrogens with one attached hydrogen (secondary N) is 1. The van der Waals surface area contributed by atoms with Crippen molar-refractivity contribution in [2.75, 3.05) is 42.1 Å². The summed E-state index contributed by atoms with van der Waals surface area (Å²) in [6, 6.07) is 27.3. The van der Waals surface area contributed by atoms with Crippen molar-refractivity contribution in [1.29, 1.82) is 0 Å². The van der Waals surface area contributed by atoms with E-state index in [9.17, 15) is 9.59 Å². The van der Waals surface area contributed by atoms with Crippen molar-refractivity contribution in [3.05, 3.63) is 90.5 Å². The number of rotatable bonds is 7. The van der Waals surface area contributed by atoms with E-state index in [0.717, 1.165) is 26.3 Å². The Morgan fingerprint density at radius 1 is 0.806 bits per heavy atom. The number of thioether (sulfide) groups is 1. The fourth-order valence-corrected chi connectivity index (χ4v) is 5.65. The molecule has 7 nitrogen and oxygen atoms in total. The van der Waals surface area contributed by atoms with Gasteiger partial charge in [-0.2, -0.15) is 0 Å². The number of nitrogens with zero attached hydrogens (tertiary/aromatic N) is 4. The molecule has 1 aliphatic rings. The molecule has 0 aliphatic carbocycles. The van der Waals surface area contributed by atoms with Crippen molar-refractivity contribution in [2.24, 2.45) is 0 Å². The lowest BCUT2D eigenvalue weighted by atomic mass is 10.0. The van der Waals surface area contributed by atoms with Gasteiger partial charge in [-0.15, -0.1) is 10.2 Å². The van der Waals surface area contributed by atoms with Gasteiger partial charge in [0.1, 0.15) is 0 Å². The molecule has 0 unspecified atom stereocenters. The molecule has 1 aromatic heterocycles. The molecule has 1 aliphatic heterocycles. The number of carbonyl (C=O) groups excluding carboxylic acids is 2. The van der Waals surface area contributed by atoms with Crippen LogP contribution in [0.15, 0.2) is 89.3 Å². The van der Waals surface area contributed by atoms with Crippen LogP contribution in [-0.2, 0) is 4.79 Å². The van der Waals surface area contributed by atoms with Crippen molar-refractivity contribution in [1.82, 2.24) is 15.1 Å². The fraction of sp³-hybridized carbons (Fsp3) is 0.185. The lowest BCUT2D eigenvalue weighted by Gasteiger charge is -2.34. The largest absolute Gasteiger partial charge is 0.343 e. The standard InChI is InChI=1S/C27H25N5O2S2/c33-24(28-23-9-5-2-6-10-23)19-35-27-30-29-26(36-27)32-17-15-31(16-18-32)25(34)22-13-11-21(12-14-22)20-7-3-1-4-8-20/h1-14H,15-19H2,(H,28,33). The van der Waals surface area contributed by atoms with Gasteiger partial charge < -0.3 is 15.1 Å². The Kier molecular flexibility index (Phi) is 7.58. The molecule has 0 saturated carbocycles. The van der Waals surface area contributed by atoms with Crippen molar-refractivity contribution in [3.63, 3.8) is 0 Å². The van der Waals surface area contributed by atoms with E-state index in [-0.39, 0.29) is 17.6 Å². The number of anilines is 2. The first-order valence-corrected chi connectivity index (χ1v) is 13.5. The van der Waals surface area contributed by atoms with Crippen LogP contribution in [0.5, 0.6) is 0 Å². The summed E-state index contributed by atoms with van der Waals surface area (Å²) in [7, 11) is 0. The van der Waals surface area contributed by atoms with Crippen LogP contribution in [-0.4, -0.2) is 58.8 Å². The number of para-hydroxylation sites is 1. The van der Waals surface area contributed by atoms with Gasteiger partial charge in [0.05, 0.1) is 5.75 Å². The molecule has 36 heavy (non-hydrogen) atoms. The number of hydrogen-bond donors (Lipinski definition) is 1. The van der Waals surface area contributed by atoms with Crippen LogP contribution in [0.4, 0.5) is 10.8 Å². The average Bonchev–Trinajstić information content (AvgIpc) is 3.42. The van der Waals surface area contributed by atoms with Gasteiger partial charge >= 0.3 is 0 Å². The summed E-state index contributed by atoms with van der Waals surface area (Å²) in [6.07, 6.45) is 0. The molecule has 0 spiro atoms. The maximum atomic E-state index is 13.0. The summed E-state index contributed by atoms with van der Waals surface area (Å²) in [4.78, 5) is 29.2. The van der Waals surface area contributed by atoms with Crippen molar-refractivity contribution >= 4 is 45.7 Å². The van der Waals surface area contributed by atoms with Gasteiger partial charge in [0.15, 0.2) is 4.34 Å². The first-order chi connectivity index (χ1) is 17.7. The van der Waals surface area contributed by atoms with E-state index in [1.54, 1.807) is 0 Å². The minimum atomic E-state index is -0.0770. The minimum absolute atomic E-state index is 0.0483. The topological polar surface area (TPSA) is 78.4 Å². The van der Waals surface area contributed by atoms with Crippen LogP contribution in [0.1, 0.15) is 10.4 Å². The Bertz CT molecular complexity index is 1310. The summed E-state index contributed by atoms with van der Waals surface area (Å²) >= 11 is 2.85. The van der Waals surface area contributed by atoms with Crippen LogP contribution in [0.2, 0.25) is 0 Å². The second-order valence-electron chi connectivity index (χ2n) is 8.28. The molecule has 0 atom stereocenters. The van der Waals surface area contributed by atoms with Crippen molar-refractivity contribution in [2.45, 2.75) is 4.34 Å². The third kappa shape index (κ3) is 5.92. The van der Waals surface area contributed by atoms with Crippen LogP contribution in [0.25, 0.3) is 11.1 Å². The number of carbonyl (C=O) groups is 2. The van der Waals surface area contributed by atoms with Gasteiger partial charge in [-0.1, -0.05) is 83.8 Å². The Hall–Kier alpha value is -3.69. The minimum Gasteiger partial charge on any atom is -0.343 e. The Labute approximate surface area is 218 Å². The second kappa shape index (κ2) is 11.4. The molecule has 1 fully saturated rings. The van der Waals surface area contributed by atoms with Crippen LogP contribution < -0.4 is 10.2 Å². The van der Waals surface area contributed by atoms with Gasteiger partial charge in [0.25, 0.3) is 5.91 Å². The van der Waals surface area contributed by atoms with E-state index in [4.69, 9.17) is 0 Å². The molecule has 3 aromatic carbocycles. The summed E-state index contributed by atoms with van der Waals surface area (Å²) in [5.41, 5.74) is 3.71. The van der Waals surface area contributed by atoms with Crippen LogP contribution >= 0.6 is 23.1 Å². The third-order valence-corrected chi connectivity index (χ3v) is 7.97. The molecule has 1 N–H and O–H groups in total. The monoisotopic (exact) mass is 515 g/mol. The first kappa shape index (κ1) is 24.0. The molecular weight excluding hydrogens is 490 g/mol. The molecule has 9 heteroatoms. The fourth-order valence-electron chi connectivity index (χ4n) is 3.95. The maximum Gasteiger partial charge on any atom is 0.253 e. The Morgan fingerprint density at radius 3 is 2.14 bits per heavy atom. The molecule has 0 radical (unpaired) electrons. The highest BCUT2D eigenvalue weighted by Gasteiger charge is 2.24. The lowest BCUT2D eigenvalue weighted by molar-refractivity contribution is -0.113. The molecule has 5 rings (SSSR count). The predicted octanol–water partition coefficient (Wildman–Crippen LogP) is 4.90. The van der Waals surface area contributed by atoms with E-state index in [0.29, 0.717) is 31.7 Å². The zero-order valence-electron chi connectivity index (χ0n) is 19.5. The van der Waals surface area contributed by atoms with E-state index >= 15 is 0 Å². The lowest BCUT2D eigenvalue weighted by Crippen LogP contribution is -2.48. The van der Waals surface area contributed by atoms with E-state index in [1.165, 1.54) is 23.1 Å². The first-order valence-electron chi connectivity index (χ1n) is 11.7. The Morgan fingerprint density at radius 2 is 1.44 bits per heavy atom. The maximum absolute atomic E-state index is 13.0. The van der Waals surface area contributed by atoms with Crippen molar-refractivity contribution < 1.29 is 9.59 Å². The SMILES string of the molecule is O=C(CSc1nnc(N2CCN(C(=O)c3ccc(-c4ccccc4)cc3)CC2)s1)Nc1ccccc1. The number of piperazine rings is 1. The molecule has 0 bridgehead atoms. The highest BCUT2D eigenvalue weighted by molar-refractivity contribution is 8.01. The molecule has 1 saturated heterocycles. The third-order valence-electron chi connectivity index (χ3n) is 5.86. The number of aromatic nitrogens is 2. The average molecular weight is 516 g/mol. The number of benzene rings is 3. The molecular formula is C27H25N5O2S2. The van der Waals surface area contributed by atoms with Gasteiger partial charge in [-0.25, -0.2) is 0 Å². The molecule has 2 heterocycles. The smallest absolute Gasteiger partial charge is 0.253 e. The summed E-state index contributed by atoms with van der Waals surface area (Å²) in [6.45, 7) is 2.64. The van der Waals surface area contributed by atoms with Crippen LogP contribution in [0.3, 0.4) is 0 Å². The van der Waals surface area contributed by atoms with E-state index < -0.39 is 0 Å². The molecule has 4 aromatic rings. The normalized spacial score (nSPS) is 13.4. The van der Waals surface area contributed by atoms with E-state index in [2.05, 4.69) is 32.5 Å². The Balaban J connectivity index is 1.10. The highest BCUT2D eigenvalue weighted by Crippen LogP contribution is 2.29. The highest BCUT2D eigenvalue weighted by atomic mass is 32.2. The van der Waals surface area contributed by atoms with Crippen LogP contribution in [0, 0.1) is 0 Å². The quantitative estimate of drug-likeness (QED) is 0.353. The summed E-state index contributed by atoms with van der Waals surface area (Å²) in [5, 5.41) is 12.2. The second-order valence-corrected chi connectivity index (χ2v) is 10.5. The number of hydrogen-bond acceptors (Lipinski definition) is 7. The number of amides is 2. The molecule has 2 amide bonds. The summed E-state index contributed by atoms with van der Waals surface area (Å²) < 4.78 is 0.755. The van der Waals surface area contributed by atoms with Gasteiger partial charge in [0, 0.05) is 37.4 Å². The summed E-state index contributed by atoms with van der Waals surface area (Å²) in [5.74, 6) is 0.244. The zero-order valence-corrected chi connectivity index (χ0v) is 21.2.